The lowest BCUT2D eigenvalue weighted by Crippen LogP contribution is -2.22. The minimum absolute atomic E-state index is 0.0369. The average molecular weight is 252 g/mol. The van der Waals surface area contributed by atoms with Gasteiger partial charge >= 0.3 is 0 Å². The number of rotatable bonds is 5. The summed E-state index contributed by atoms with van der Waals surface area (Å²) in [4.78, 5) is 11.5. The first-order valence-corrected chi connectivity index (χ1v) is 6.08. The van der Waals surface area contributed by atoms with Gasteiger partial charge in [-0.25, -0.2) is 4.39 Å². The van der Waals surface area contributed by atoms with Crippen LogP contribution in [0.2, 0.25) is 0 Å². The molecule has 0 bridgehead atoms. The van der Waals surface area contributed by atoms with Crippen LogP contribution in [0.15, 0.2) is 24.3 Å². The molecule has 2 rings (SSSR count). The third-order valence-electron chi connectivity index (χ3n) is 2.90. The fourth-order valence-electron chi connectivity index (χ4n) is 1.92. The third-order valence-corrected chi connectivity index (χ3v) is 2.90. The van der Waals surface area contributed by atoms with Crippen molar-refractivity contribution in [2.45, 2.75) is 6.42 Å². The number of para-hydroxylation sites is 1. The van der Waals surface area contributed by atoms with E-state index in [1.165, 1.54) is 12.1 Å². The lowest BCUT2D eigenvalue weighted by Gasteiger charge is -2.10. The number of nitrogens with one attached hydrogen (secondary N) is 2. The summed E-state index contributed by atoms with van der Waals surface area (Å²) in [6.45, 7) is 2.48. The lowest BCUT2D eigenvalue weighted by atomic mass is 10.1. The van der Waals surface area contributed by atoms with Gasteiger partial charge in [0.1, 0.15) is 12.4 Å². The Morgan fingerprint density at radius 3 is 3.06 bits per heavy atom. The van der Waals surface area contributed by atoms with Crippen LogP contribution in [-0.4, -0.2) is 32.2 Å². The molecule has 98 valence electrons. The normalized spacial score (nSPS) is 18.8. The van der Waals surface area contributed by atoms with Gasteiger partial charge in [0.05, 0.1) is 12.3 Å². The first kappa shape index (κ1) is 13.0. The molecule has 4 nitrogen and oxygen atoms in total. The van der Waals surface area contributed by atoms with E-state index in [9.17, 15) is 9.18 Å². The number of hydrogen-bond acceptors (Lipinski definition) is 3. The van der Waals surface area contributed by atoms with Crippen LogP contribution in [0.3, 0.4) is 0 Å². The van der Waals surface area contributed by atoms with E-state index in [0.717, 1.165) is 19.5 Å². The molecule has 1 fully saturated rings. The highest BCUT2D eigenvalue weighted by Crippen LogP contribution is 2.12. The van der Waals surface area contributed by atoms with Crippen LogP contribution in [0.1, 0.15) is 6.42 Å². The van der Waals surface area contributed by atoms with Crippen LogP contribution in [-0.2, 0) is 9.53 Å². The van der Waals surface area contributed by atoms with Gasteiger partial charge in [0.25, 0.3) is 0 Å². The number of benzene rings is 1. The Hall–Kier alpha value is -1.46. The Balaban J connectivity index is 1.70. The van der Waals surface area contributed by atoms with Crippen LogP contribution in [0.4, 0.5) is 10.1 Å². The van der Waals surface area contributed by atoms with Crippen LogP contribution >= 0.6 is 0 Å². The van der Waals surface area contributed by atoms with Gasteiger partial charge in [-0.05, 0) is 31.0 Å². The predicted molar refractivity (Wildman–Crippen MR) is 66.8 cm³/mol. The zero-order chi connectivity index (χ0) is 12.8. The van der Waals surface area contributed by atoms with Crippen LogP contribution in [0.5, 0.6) is 0 Å². The van der Waals surface area contributed by atoms with Gasteiger partial charge in [0, 0.05) is 6.54 Å². The molecule has 18 heavy (non-hydrogen) atoms. The van der Waals surface area contributed by atoms with Gasteiger partial charge in [0.15, 0.2) is 0 Å². The molecule has 2 N–H and O–H groups in total. The van der Waals surface area contributed by atoms with Crippen molar-refractivity contribution in [1.29, 1.82) is 0 Å². The Labute approximate surface area is 106 Å². The summed E-state index contributed by atoms with van der Waals surface area (Å²) in [5, 5.41) is 5.71. The highest BCUT2D eigenvalue weighted by atomic mass is 19.1. The first-order valence-electron chi connectivity index (χ1n) is 6.08. The molecule has 0 saturated carbocycles. The van der Waals surface area contributed by atoms with E-state index < -0.39 is 5.82 Å². The maximum absolute atomic E-state index is 13.3. The quantitative estimate of drug-likeness (QED) is 0.832. The molecule has 0 radical (unpaired) electrons. The van der Waals surface area contributed by atoms with E-state index in [2.05, 4.69) is 10.6 Å². The van der Waals surface area contributed by atoms with Gasteiger partial charge in [0.2, 0.25) is 5.91 Å². The van der Waals surface area contributed by atoms with Crippen molar-refractivity contribution in [2.24, 2.45) is 5.92 Å². The molecule has 1 amide bonds. The Morgan fingerprint density at radius 1 is 1.50 bits per heavy atom. The van der Waals surface area contributed by atoms with Crippen molar-refractivity contribution in [3.8, 4) is 0 Å². The Bertz CT molecular complexity index is 406. The molecule has 0 aromatic heterocycles. The molecule has 0 aliphatic carbocycles. The van der Waals surface area contributed by atoms with Crippen molar-refractivity contribution >= 4 is 11.6 Å². The smallest absolute Gasteiger partial charge is 0.250 e. The predicted octanol–water partition coefficient (Wildman–Crippen LogP) is 1.39. The van der Waals surface area contributed by atoms with Gasteiger partial charge in [-0.1, -0.05) is 12.1 Å². The summed E-state index contributed by atoms with van der Waals surface area (Å²) in [6.07, 6.45) is 1.08. The molecule has 1 aromatic rings. The van der Waals surface area contributed by atoms with Crippen LogP contribution in [0, 0.1) is 11.7 Å². The minimum atomic E-state index is -0.439. The first-order chi connectivity index (χ1) is 8.75. The molecular weight excluding hydrogens is 235 g/mol. The van der Waals surface area contributed by atoms with Crippen molar-refractivity contribution in [2.75, 3.05) is 31.6 Å². The average Bonchev–Trinajstić information content (AvgIpc) is 2.85. The minimum Gasteiger partial charge on any atom is -0.371 e. The molecule has 1 aromatic carbocycles. The lowest BCUT2D eigenvalue weighted by molar-refractivity contribution is -0.121. The fourth-order valence-corrected chi connectivity index (χ4v) is 1.92. The van der Waals surface area contributed by atoms with E-state index in [-0.39, 0.29) is 18.2 Å². The van der Waals surface area contributed by atoms with E-state index in [4.69, 9.17) is 4.74 Å². The maximum atomic E-state index is 13.3. The number of hydrogen-bond donors (Lipinski definition) is 2. The molecule has 0 spiro atoms. The Kier molecular flexibility index (Phi) is 4.66. The van der Waals surface area contributed by atoms with Crippen molar-refractivity contribution in [3.05, 3.63) is 30.1 Å². The Morgan fingerprint density at radius 2 is 2.33 bits per heavy atom. The molecule has 1 aliphatic heterocycles. The van der Waals surface area contributed by atoms with E-state index in [1.807, 2.05) is 0 Å². The van der Waals surface area contributed by atoms with Gasteiger partial charge in [-0.3, -0.25) is 4.79 Å². The summed E-state index contributed by atoms with van der Waals surface area (Å²) in [5.74, 6) is -0.289. The molecule has 5 heteroatoms. The topological polar surface area (TPSA) is 50.4 Å². The summed E-state index contributed by atoms with van der Waals surface area (Å²) < 4.78 is 18.6. The number of halogens is 1. The summed E-state index contributed by atoms with van der Waals surface area (Å²) in [5.41, 5.74) is 0.189. The number of anilines is 1. The number of ether oxygens (including phenoxy) is 1. The zero-order valence-electron chi connectivity index (χ0n) is 10.1. The summed E-state index contributed by atoms with van der Waals surface area (Å²) in [6, 6.07) is 6.08. The molecule has 1 unspecified atom stereocenters. The SMILES string of the molecule is O=C(COCC1CCNC1)Nc1ccccc1F. The van der Waals surface area contributed by atoms with Gasteiger partial charge < -0.3 is 15.4 Å². The van der Waals surface area contributed by atoms with Crippen molar-refractivity contribution < 1.29 is 13.9 Å². The van der Waals surface area contributed by atoms with Crippen molar-refractivity contribution in [1.82, 2.24) is 5.32 Å². The summed E-state index contributed by atoms with van der Waals surface area (Å²) in [7, 11) is 0. The second-order valence-corrected chi connectivity index (χ2v) is 4.40. The third kappa shape index (κ3) is 3.78. The van der Waals surface area contributed by atoms with Gasteiger partial charge in [-0.2, -0.15) is 0 Å². The largest absolute Gasteiger partial charge is 0.371 e. The second-order valence-electron chi connectivity index (χ2n) is 4.40. The number of carbonyl (C=O) groups excluding carboxylic acids is 1. The van der Waals surface area contributed by atoms with Crippen molar-refractivity contribution in [3.63, 3.8) is 0 Å². The summed E-state index contributed by atoms with van der Waals surface area (Å²) >= 11 is 0. The molecule has 1 atom stereocenters. The van der Waals surface area contributed by atoms with Gasteiger partial charge in [-0.15, -0.1) is 0 Å². The zero-order valence-corrected chi connectivity index (χ0v) is 10.1. The molecule has 1 heterocycles. The maximum Gasteiger partial charge on any atom is 0.250 e. The highest BCUT2D eigenvalue weighted by Gasteiger charge is 2.15. The highest BCUT2D eigenvalue weighted by molar-refractivity contribution is 5.91. The monoisotopic (exact) mass is 252 g/mol. The number of carbonyl (C=O) groups is 1. The molecule has 1 saturated heterocycles. The standard InChI is InChI=1S/C13H17FN2O2/c14-11-3-1-2-4-12(11)16-13(17)9-18-8-10-5-6-15-7-10/h1-4,10,15H,5-9H2,(H,16,17). The number of amides is 1. The van der Waals surface area contributed by atoms with E-state index in [1.54, 1.807) is 12.1 Å². The second kappa shape index (κ2) is 6.47. The van der Waals surface area contributed by atoms with E-state index >= 15 is 0 Å². The fraction of sp³-hybridized carbons (Fsp3) is 0.462. The van der Waals surface area contributed by atoms with E-state index in [0.29, 0.717) is 12.5 Å². The molecular formula is C13H17FN2O2. The molecule has 1 aliphatic rings. The van der Waals surface area contributed by atoms with Crippen LogP contribution < -0.4 is 10.6 Å². The van der Waals surface area contributed by atoms with Crippen LogP contribution in [0.25, 0.3) is 0 Å².